The Labute approximate surface area is 331 Å². The molecule has 1 N–H and O–H groups in total. The zero-order valence-electron chi connectivity index (χ0n) is 31.8. The van der Waals surface area contributed by atoms with Gasteiger partial charge in [0, 0.05) is 11.8 Å². The van der Waals surface area contributed by atoms with Crippen LogP contribution in [0, 0.1) is 64.6 Å². The molecule has 7 rings (SSSR count). The number of hydrogen-bond donors (Lipinski definition) is 1. The summed E-state index contributed by atoms with van der Waals surface area (Å²) in [4.78, 5) is 24.0. The number of hydrogen-bond acceptors (Lipinski definition) is 9. The van der Waals surface area contributed by atoms with Crippen LogP contribution >= 0.6 is 34.8 Å². The van der Waals surface area contributed by atoms with Crippen molar-refractivity contribution in [1.29, 1.82) is 5.41 Å². The van der Waals surface area contributed by atoms with Gasteiger partial charge in [-0.15, -0.1) is 0 Å². The third-order valence-electron chi connectivity index (χ3n) is 13.0. The number of ether oxygens (including phenoxy) is 6. The Morgan fingerprint density at radius 2 is 1.21 bits per heavy atom. The van der Waals surface area contributed by atoms with Crippen molar-refractivity contribution in [3.05, 3.63) is 35.4 Å². The van der Waals surface area contributed by atoms with Crippen LogP contribution in [0.4, 0.5) is 0 Å². The minimum Gasteiger partial charge on any atom is -0.467 e. The third-order valence-corrected chi connectivity index (χ3v) is 13.5. The summed E-state index contributed by atoms with van der Waals surface area (Å²) in [5, 5.41) is 7.59. The molecule has 6 fully saturated rings. The lowest BCUT2D eigenvalue weighted by atomic mass is 9.53. The van der Waals surface area contributed by atoms with E-state index in [9.17, 15) is 9.59 Å². The van der Waals surface area contributed by atoms with Crippen molar-refractivity contribution in [3.8, 4) is 5.75 Å². The summed E-state index contributed by atoms with van der Waals surface area (Å²) in [5.74, 6) is 3.57. The number of carbonyl (C=O) groups excluding carboxylic acids is 2. The van der Waals surface area contributed by atoms with Crippen molar-refractivity contribution in [2.75, 3.05) is 14.2 Å². The van der Waals surface area contributed by atoms with Crippen molar-refractivity contribution in [3.63, 3.8) is 0 Å². The van der Waals surface area contributed by atoms with Crippen molar-refractivity contribution >= 4 is 58.2 Å². The van der Waals surface area contributed by atoms with E-state index >= 15 is 0 Å². The van der Waals surface area contributed by atoms with E-state index in [0.29, 0.717) is 0 Å². The first-order valence-electron chi connectivity index (χ1n) is 18.7. The molecule has 6 aliphatic rings. The van der Waals surface area contributed by atoms with Crippen LogP contribution < -0.4 is 4.74 Å². The predicted octanol–water partition coefficient (Wildman–Crippen LogP) is 9.89. The van der Waals surface area contributed by atoms with Gasteiger partial charge < -0.3 is 28.4 Å². The topological polar surface area (TPSA) is 113 Å². The summed E-state index contributed by atoms with van der Waals surface area (Å²) in [7, 11) is 2.71. The Bertz CT molecular complexity index is 1470. The van der Waals surface area contributed by atoms with E-state index in [1.54, 1.807) is 5.57 Å². The summed E-state index contributed by atoms with van der Waals surface area (Å²) in [6.45, 7) is 14.5. The molecular formula is C41H60Cl3NO8. The molecule has 0 radical (unpaired) electrons. The monoisotopic (exact) mass is 799 g/mol. The summed E-state index contributed by atoms with van der Waals surface area (Å²) >= 11 is 16.7. The average molecular weight is 801 g/mol. The van der Waals surface area contributed by atoms with Crippen molar-refractivity contribution in [1.82, 2.24) is 0 Å². The first-order chi connectivity index (χ1) is 24.4. The van der Waals surface area contributed by atoms with Gasteiger partial charge >= 0.3 is 11.9 Å². The molecule has 2 saturated heterocycles. The van der Waals surface area contributed by atoms with Crippen LogP contribution in [-0.4, -0.2) is 60.6 Å². The van der Waals surface area contributed by atoms with E-state index in [4.69, 9.17) is 68.6 Å². The highest BCUT2D eigenvalue weighted by atomic mass is 35.6. The van der Waals surface area contributed by atoms with Crippen LogP contribution in [-0.2, 0) is 33.3 Å². The number of methoxy groups -OCH3 is 2. The maximum absolute atomic E-state index is 12.3. The number of nitrogens with one attached hydrogen (secondary N) is 1. The van der Waals surface area contributed by atoms with Gasteiger partial charge in [0.2, 0.25) is 18.5 Å². The zero-order chi connectivity index (χ0) is 38.2. The van der Waals surface area contributed by atoms with Crippen LogP contribution in [0.2, 0.25) is 0 Å². The number of esters is 2. The first-order valence-corrected chi connectivity index (χ1v) is 19.8. The number of alkyl halides is 3. The number of halogens is 3. The molecule has 298 valence electrons. The Morgan fingerprint density at radius 1 is 0.736 bits per heavy atom. The molecule has 4 aliphatic carbocycles. The number of benzene rings is 1. The maximum Gasteiger partial charge on any atom is 0.335 e. The van der Waals surface area contributed by atoms with Gasteiger partial charge in [-0.1, -0.05) is 101 Å². The molecule has 2 heterocycles. The second-order valence-corrected chi connectivity index (χ2v) is 18.3. The highest BCUT2D eigenvalue weighted by Gasteiger charge is 2.48. The smallest absolute Gasteiger partial charge is 0.335 e. The number of allylic oxidation sites excluding steroid dienone is 2. The third kappa shape index (κ3) is 9.50. The van der Waals surface area contributed by atoms with Gasteiger partial charge in [-0.2, -0.15) is 0 Å². The van der Waals surface area contributed by atoms with E-state index in [1.165, 1.54) is 57.5 Å². The molecule has 10 atom stereocenters. The minimum atomic E-state index is -1.96. The van der Waals surface area contributed by atoms with Crippen molar-refractivity contribution < 1.29 is 38.0 Å². The zero-order valence-corrected chi connectivity index (χ0v) is 34.1. The van der Waals surface area contributed by atoms with Gasteiger partial charge in [0.05, 0.1) is 14.2 Å². The second-order valence-electron chi connectivity index (χ2n) is 16.0. The molecule has 4 saturated carbocycles. The Morgan fingerprint density at radius 3 is 1.68 bits per heavy atom. The quantitative estimate of drug-likeness (QED) is 0.131. The normalized spacial score (nSPS) is 37.3. The fourth-order valence-corrected chi connectivity index (χ4v) is 9.56. The molecule has 4 bridgehead atoms. The molecule has 1 aromatic carbocycles. The van der Waals surface area contributed by atoms with Crippen LogP contribution in [0.3, 0.4) is 0 Å². The van der Waals surface area contributed by atoms with E-state index in [2.05, 4.69) is 45.9 Å². The highest BCUT2D eigenvalue weighted by Crippen LogP contribution is 2.58. The molecule has 0 spiro atoms. The molecule has 0 amide bonds. The lowest BCUT2D eigenvalue weighted by Gasteiger charge is -2.52. The van der Waals surface area contributed by atoms with Crippen LogP contribution in [0.1, 0.15) is 93.6 Å². The number of carbonyl (C=O) groups is 2. The lowest BCUT2D eigenvalue weighted by molar-refractivity contribution is -0.226. The van der Waals surface area contributed by atoms with Crippen LogP contribution in [0.25, 0.3) is 5.57 Å². The SMILES string of the molecule is C.COC(=O)C1OC(OC(=N)C(Cl)(Cl)Cl)C(C)C(C)C1C.COC(=O)C1OC(Oc2cccc(C(C)=C3C4CC5CC(C4)CC3C5)c2)C(C)C(C)C1C. The van der Waals surface area contributed by atoms with Crippen LogP contribution in [0.5, 0.6) is 5.75 Å². The molecule has 10 unspecified atom stereocenters. The summed E-state index contributed by atoms with van der Waals surface area (Å²) < 4.78 is 31.1. The molecule has 53 heavy (non-hydrogen) atoms. The fraction of sp³-hybridized carbons (Fsp3) is 0.732. The van der Waals surface area contributed by atoms with Gasteiger partial charge in [0.25, 0.3) is 3.79 Å². The minimum absolute atomic E-state index is 0. The summed E-state index contributed by atoms with van der Waals surface area (Å²) in [6, 6.07) is 8.47. The molecule has 2 aliphatic heterocycles. The molecule has 12 heteroatoms. The standard InChI is InChI=1S/C28H38O4.C12H18Cl3NO4.CH4/c1-15-16(2)26(27(29)30-5)32-28(17(15)3)31-24-8-6-7-21(14-24)18(4)25-22-10-19-9-20(12-22)13-23(25)11-19;1-5-6(2)8(9(17)18-4)19-10(7(5)3)20-11(16)12(13,14)15;/h6-8,14-17,19-20,22-23,26,28H,9-13H2,1-5H3;5-8,10,16H,1-4H3;1H4. The molecular weight excluding hydrogens is 741 g/mol. The van der Waals surface area contributed by atoms with Gasteiger partial charge in [-0.05, 0) is 110 Å². The van der Waals surface area contributed by atoms with Crippen LogP contribution in [0.15, 0.2) is 29.8 Å². The largest absolute Gasteiger partial charge is 0.467 e. The Balaban J connectivity index is 0.000000260. The number of rotatable bonds is 6. The molecule has 0 aromatic heterocycles. The Hall–Kier alpha value is -2.04. The van der Waals surface area contributed by atoms with E-state index in [-0.39, 0.29) is 48.9 Å². The average Bonchev–Trinajstić information content (AvgIpc) is 3.10. The molecule has 9 nitrogen and oxygen atoms in total. The van der Waals surface area contributed by atoms with Crippen molar-refractivity contribution in [2.24, 2.45) is 59.2 Å². The van der Waals surface area contributed by atoms with Gasteiger partial charge in [-0.3, -0.25) is 5.41 Å². The van der Waals surface area contributed by atoms with E-state index < -0.39 is 40.4 Å². The van der Waals surface area contributed by atoms with Gasteiger partial charge in [0.15, 0.2) is 12.2 Å². The second kappa shape index (κ2) is 17.8. The van der Waals surface area contributed by atoms with E-state index in [1.807, 2.05) is 26.8 Å². The first kappa shape index (κ1) is 43.7. The summed E-state index contributed by atoms with van der Waals surface area (Å²) in [6.07, 6.45) is 4.41. The van der Waals surface area contributed by atoms with Crippen molar-refractivity contribution in [2.45, 2.75) is 117 Å². The maximum atomic E-state index is 12.3. The van der Waals surface area contributed by atoms with Gasteiger partial charge in [-0.25, -0.2) is 9.59 Å². The predicted molar refractivity (Wildman–Crippen MR) is 209 cm³/mol. The summed E-state index contributed by atoms with van der Waals surface area (Å²) in [5.41, 5.74) is 4.44. The highest BCUT2D eigenvalue weighted by molar-refractivity contribution is 6.76. The Kier molecular flexibility index (Phi) is 14.7. The molecule has 1 aromatic rings. The van der Waals surface area contributed by atoms with Gasteiger partial charge in [0.1, 0.15) is 5.75 Å². The fourth-order valence-electron chi connectivity index (χ4n) is 9.42. The van der Waals surface area contributed by atoms with E-state index in [0.717, 1.165) is 29.4 Å². The lowest BCUT2D eigenvalue weighted by Crippen LogP contribution is -2.50.